The van der Waals surface area contributed by atoms with Crippen LogP contribution in [0.25, 0.3) is 5.57 Å². The van der Waals surface area contributed by atoms with Crippen LogP contribution in [0, 0.1) is 5.82 Å². The van der Waals surface area contributed by atoms with Crippen molar-refractivity contribution in [1.29, 1.82) is 0 Å². The summed E-state index contributed by atoms with van der Waals surface area (Å²) in [7, 11) is 0. The van der Waals surface area contributed by atoms with Gasteiger partial charge in [0.25, 0.3) is 0 Å². The molecular weight excluding hydrogens is 333 g/mol. The molecule has 134 valence electrons. The number of hydrogen-bond donors (Lipinski definition) is 2. The molecule has 1 fully saturated rings. The molecule has 5 nitrogen and oxygen atoms in total. The molecule has 0 bridgehead atoms. The van der Waals surface area contributed by atoms with Gasteiger partial charge in [-0.25, -0.2) is 4.39 Å². The highest BCUT2D eigenvalue weighted by molar-refractivity contribution is 5.78. The number of nitrogens with one attached hydrogen (secondary N) is 2. The van der Waals surface area contributed by atoms with Crippen molar-refractivity contribution in [3.8, 4) is 0 Å². The third-order valence-corrected chi connectivity index (χ3v) is 4.26. The molecule has 1 saturated heterocycles. The molecule has 26 heavy (non-hydrogen) atoms. The first-order valence-corrected chi connectivity index (χ1v) is 8.29. The van der Waals surface area contributed by atoms with Crippen molar-refractivity contribution in [3.05, 3.63) is 82.8 Å². The number of ether oxygens (including phenoxy) is 1. The van der Waals surface area contributed by atoms with E-state index in [1.165, 1.54) is 12.1 Å². The zero-order valence-corrected chi connectivity index (χ0v) is 14.5. The Morgan fingerprint density at radius 3 is 3.00 bits per heavy atom. The Balaban J connectivity index is 1.86. The van der Waals surface area contributed by atoms with Gasteiger partial charge in [0.1, 0.15) is 17.9 Å². The molecule has 0 aliphatic carbocycles. The molecule has 2 N–H and O–H groups in total. The third kappa shape index (κ3) is 3.74. The minimum atomic E-state index is -0.421. The van der Waals surface area contributed by atoms with Crippen LogP contribution in [-0.4, -0.2) is 23.1 Å². The van der Waals surface area contributed by atoms with Gasteiger partial charge in [-0.2, -0.15) is 5.10 Å². The van der Waals surface area contributed by atoms with Gasteiger partial charge in [-0.05, 0) is 30.7 Å². The molecule has 2 aromatic rings. The van der Waals surface area contributed by atoms with E-state index in [-0.39, 0.29) is 0 Å². The van der Waals surface area contributed by atoms with Gasteiger partial charge in [0.05, 0.1) is 12.8 Å². The van der Waals surface area contributed by atoms with E-state index in [4.69, 9.17) is 4.74 Å². The van der Waals surface area contributed by atoms with Crippen LogP contribution >= 0.6 is 0 Å². The molecule has 3 rings (SSSR count). The summed E-state index contributed by atoms with van der Waals surface area (Å²) < 4.78 is 19.4. The van der Waals surface area contributed by atoms with Crippen LogP contribution in [0.5, 0.6) is 0 Å². The normalized spacial score (nSPS) is 17.5. The molecule has 1 aliphatic rings. The molecule has 1 aromatic carbocycles. The number of benzene rings is 1. The van der Waals surface area contributed by atoms with Gasteiger partial charge in [0.15, 0.2) is 0 Å². The zero-order chi connectivity index (χ0) is 18.5. The smallest absolute Gasteiger partial charge is 0.150 e. The van der Waals surface area contributed by atoms with Crippen molar-refractivity contribution in [2.45, 2.75) is 19.9 Å². The second-order valence-corrected chi connectivity index (χ2v) is 6.00. The number of rotatable bonds is 6. The highest BCUT2D eigenvalue weighted by Gasteiger charge is 2.22. The monoisotopic (exact) mass is 353 g/mol. The van der Waals surface area contributed by atoms with Crippen LogP contribution in [0.15, 0.2) is 60.3 Å². The maximum atomic E-state index is 13.6. The fourth-order valence-electron chi connectivity index (χ4n) is 2.98. The van der Waals surface area contributed by atoms with Crippen molar-refractivity contribution >= 4 is 11.9 Å². The summed E-state index contributed by atoms with van der Waals surface area (Å²) in [5.41, 5.74) is 4.80. The Morgan fingerprint density at radius 1 is 1.46 bits per heavy atom. The van der Waals surface area contributed by atoms with Crippen LogP contribution in [0.1, 0.15) is 34.8 Å². The Bertz CT molecular complexity index is 882. The van der Waals surface area contributed by atoms with E-state index in [1.807, 2.05) is 6.92 Å². The number of halogens is 1. The molecule has 1 aromatic heterocycles. The van der Waals surface area contributed by atoms with E-state index in [9.17, 15) is 9.18 Å². The first kappa shape index (κ1) is 17.7. The summed E-state index contributed by atoms with van der Waals surface area (Å²) in [6.45, 7) is 6.84. The van der Waals surface area contributed by atoms with Gasteiger partial charge >= 0.3 is 0 Å². The minimum absolute atomic E-state index is 0.325. The first-order valence-electron chi connectivity index (χ1n) is 8.29. The molecule has 1 aliphatic heterocycles. The average molecular weight is 353 g/mol. The lowest BCUT2D eigenvalue weighted by Crippen LogP contribution is -2.13. The fraction of sp³-hybridized carbons (Fsp3) is 0.200. The Hall–Kier alpha value is -3.15. The average Bonchev–Trinajstić information content (AvgIpc) is 3.32. The van der Waals surface area contributed by atoms with Gasteiger partial charge in [-0.15, -0.1) is 0 Å². The molecular formula is C20H20FN3O2. The van der Waals surface area contributed by atoms with Gasteiger partial charge in [0.2, 0.25) is 0 Å². The summed E-state index contributed by atoms with van der Waals surface area (Å²) in [5.74, 6) is 0.356. The van der Waals surface area contributed by atoms with Crippen molar-refractivity contribution in [2.75, 3.05) is 6.61 Å². The predicted molar refractivity (Wildman–Crippen MR) is 97.6 cm³/mol. The SMILES string of the molecule is C=C/C(=C1/OCC/C1=C(/C)NCc1cc(F)cc(C=O)c1)c1cn[nH]c1. The maximum Gasteiger partial charge on any atom is 0.150 e. The number of carbonyl (C=O) groups is 1. The minimum Gasteiger partial charge on any atom is -0.492 e. The Labute approximate surface area is 151 Å². The molecule has 6 heteroatoms. The number of aromatic nitrogens is 2. The lowest BCUT2D eigenvalue weighted by atomic mass is 10.0. The first-order chi connectivity index (χ1) is 12.6. The number of allylic oxidation sites excluding steroid dienone is 4. The van der Waals surface area contributed by atoms with Gasteiger partial charge in [-0.3, -0.25) is 9.89 Å². The van der Waals surface area contributed by atoms with E-state index in [0.29, 0.717) is 30.6 Å². The predicted octanol–water partition coefficient (Wildman–Crippen LogP) is 3.74. The molecule has 0 unspecified atom stereocenters. The zero-order valence-electron chi connectivity index (χ0n) is 14.5. The standard InChI is InChI=1S/C20H20FN3O2/c1-3-18(16-10-23-24-11-16)20-19(4-5-26-20)13(2)22-9-14-6-15(12-25)8-17(21)7-14/h3,6-8,10-12,22H,1,4-5,9H2,2H3,(H,23,24)/b19-13+,20-18-. The highest BCUT2D eigenvalue weighted by Crippen LogP contribution is 2.33. The van der Waals surface area contributed by atoms with Crippen LogP contribution in [0.4, 0.5) is 4.39 Å². The Morgan fingerprint density at radius 2 is 2.31 bits per heavy atom. The summed E-state index contributed by atoms with van der Waals surface area (Å²) in [5, 5.41) is 10.1. The van der Waals surface area contributed by atoms with Crippen molar-refractivity contribution < 1.29 is 13.9 Å². The molecule has 0 amide bonds. The molecule has 0 saturated carbocycles. The van der Waals surface area contributed by atoms with Gasteiger partial charge in [0, 0.05) is 47.1 Å². The summed E-state index contributed by atoms with van der Waals surface area (Å²) in [6.07, 6.45) is 6.68. The van der Waals surface area contributed by atoms with E-state index < -0.39 is 5.82 Å². The fourth-order valence-corrected chi connectivity index (χ4v) is 2.98. The van der Waals surface area contributed by atoms with Crippen molar-refractivity contribution in [2.24, 2.45) is 0 Å². The number of aldehydes is 1. The number of carbonyl (C=O) groups excluding carboxylic acids is 1. The molecule has 2 heterocycles. The van der Waals surface area contributed by atoms with Crippen LogP contribution in [0.2, 0.25) is 0 Å². The van der Waals surface area contributed by atoms with Crippen molar-refractivity contribution in [3.63, 3.8) is 0 Å². The lowest BCUT2D eigenvalue weighted by molar-refractivity contribution is 0.112. The van der Waals surface area contributed by atoms with Crippen LogP contribution < -0.4 is 5.32 Å². The van der Waals surface area contributed by atoms with Crippen LogP contribution in [-0.2, 0) is 11.3 Å². The maximum absolute atomic E-state index is 13.6. The largest absolute Gasteiger partial charge is 0.492 e. The lowest BCUT2D eigenvalue weighted by Gasteiger charge is -2.13. The van der Waals surface area contributed by atoms with E-state index >= 15 is 0 Å². The summed E-state index contributed by atoms with van der Waals surface area (Å²) in [4.78, 5) is 10.9. The molecule has 0 atom stereocenters. The number of aromatic amines is 1. The second kappa shape index (κ2) is 7.82. The highest BCUT2D eigenvalue weighted by atomic mass is 19.1. The summed E-state index contributed by atoms with van der Waals surface area (Å²) in [6, 6.07) is 4.30. The topological polar surface area (TPSA) is 67.0 Å². The van der Waals surface area contributed by atoms with Crippen molar-refractivity contribution in [1.82, 2.24) is 15.5 Å². The second-order valence-electron chi connectivity index (χ2n) is 6.00. The van der Waals surface area contributed by atoms with Crippen LogP contribution in [0.3, 0.4) is 0 Å². The number of hydrogen-bond acceptors (Lipinski definition) is 4. The number of nitrogens with zero attached hydrogens (tertiary/aromatic N) is 1. The Kier molecular flexibility index (Phi) is 5.31. The van der Waals surface area contributed by atoms with E-state index in [0.717, 1.165) is 34.6 Å². The van der Waals surface area contributed by atoms with E-state index in [1.54, 1.807) is 24.5 Å². The van der Waals surface area contributed by atoms with E-state index in [2.05, 4.69) is 22.1 Å². The number of H-pyrrole nitrogens is 1. The molecule has 0 spiro atoms. The third-order valence-electron chi connectivity index (χ3n) is 4.26. The summed E-state index contributed by atoms with van der Waals surface area (Å²) >= 11 is 0. The molecule has 0 radical (unpaired) electrons. The quantitative estimate of drug-likeness (QED) is 0.777. The van der Waals surface area contributed by atoms with Gasteiger partial charge in [-0.1, -0.05) is 12.7 Å². The van der Waals surface area contributed by atoms with Gasteiger partial charge < -0.3 is 10.1 Å².